The number of rotatable bonds is 8. The topological polar surface area (TPSA) is 6.48 Å². The van der Waals surface area contributed by atoms with Crippen molar-refractivity contribution in [2.45, 2.75) is 33.1 Å². The summed E-state index contributed by atoms with van der Waals surface area (Å²) in [6.07, 6.45) is 0. The molecule has 2 heteroatoms. The molecule has 8 aromatic carbocycles. The minimum Gasteiger partial charge on any atom is -0.311 e. The predicted molar refractivity (Wildman–Crippen MR) is 234 cm³/mol. The summed E-state index contributed by atoms with van der Waals surface area (Å²) in [7, 11) is 0. The molecular formula is C53H44N2. The maximum Gasteiger partial charge on any atom is 0.0462 e. The highest BCUT2D eigenvalue weighted by atomic mass is 15.1. The molecule has 0 bridgehead atoms. The van der Waals surface area contributed by atoms with E-state index in [9.17, 15) is 0 Å². The van der Waals surface area contributed by atoms with E-state index in [0.717, 1.165) is 34.1 Å². The molecule has 0 saturated heterocycles. The van der Waals surface area contributed by atoms with Gasteiger partial charge in [0.25, 0.3) is 0 Å². The van der Waals surface area contributed by atoms with Gasteiger partial charge in [0, 0.05) is 39.5 Å². The van der Waals surface area contributed by atoms with Crippen LogP contribution in [0.4, 0.5) is 34.1 Å². The maximum atomic E-state index is 2.41. The molecule has 0 aliphatic heterocycles. The first-order chi connectivity index (χ1) is 26.8. The number of anilines is 6. The van der Waals surface area contributed by atoms with Gasteiger partial charge in [0.05, 0.1) is 0 Å². The Hall–Kier alpha value is -6.64. The first-order valence-corrected chi connectivity index (χ1v) is 19.2. The van der Waals surface area contributed by atoms with Crippen molar-refractivity contribution in [1.82, 2.24) is 0 Å². The zero-order valence-corrected chi connectivity index (χ0v) is 31.9. The molecule has 1 aliphatic carbocycles. The molecule has 0 atom stereocenters. The van der Waals surface area contributed by atoms with E-state index in [1.807, 2.05) is 0 Å². The van der Waals surface area contributed by atoms with Gasteiger partial charge in [0.15, 0.2) is 0 Å². The monoisotopic (exact) mass is 708 g/mol. The largest absolute Gasteiger partial charge is 0.311 e. The van der Waals surface area contributed by atoms with Gasteiger partial charge >= 0.3 is 0 Å². The van der Waals surface area contributed by atoms with Gasteiger partial charge in [-0.05, 0) is 143 Å². The third kappa shape index (κ3) is 6.40. The number of benzene rings is 8. The molecular weight excluding hydrogens is 665 g/mol. The minimum absolute atomic E-state index is 0.137. The minimum atomic E-state index is -0.137. The van der Waals surface area contributed by atoms with E-state index in [0.29, 0.717) is 0 Å². The fourth-order valence-corrected chi connectivity index (χ4v) is 8.14. The lowest BCUT2D eigenvalue weighted by molar-refractivity contribution is 0.661. The summed E-state index contributed by atoms with van der Waals surface area (Å²) in [4.78, 5) is 4.64. The zero-order valence-electron chi connectivity index (χ0n) is 31.9. The van der Waals surface area contributed by atoms with Crippen molar-refractivity contribution in [2.24, 2.45) is 0 Å². The van der Waals surface area contributed by atoms with Gasteiger partial charge in [-0.1, -0.05) is 134 Å². The summed E-state index contributed by atoms with van der Waals surface area (Å²) >= 11 is 0. The van der Waals surface area contributed by atoms with Gasteiger partial charge in [-0.15, -0.1) is 0 Å². The van der Waals surface area contributed by atoms with Crippen LogP contribution in [0, 0.1) is 13.8 Å². The van der Waals surface area contributed by atoms with Crippen LogP contribution in [-0.4, -0.2) is 0 Å². The van der Waals surface area contributed by atoms with Gasteiger partial charge in [-0.25, -0.2) is 0 Å². The Morgan fingerprint density at radius 1 is 0.309 bits per heavy atom. The number of fused-ring (bicyclic) bond motifs is 3. The third-order valence-corrected chi connectivity index (χ3v) is 11.2. The molecule has 9 rings (SSSR count). The van der Waals surface area contributed by atoms with Crippen LogP contribution >= 0.6 is 0 Å². The molecule has 55 heavy (non-hydrogen) atoms. The molecule has 0 saturated carbocycles. The molecule has 0 fully saturated rings. The molecule has 0 N–H and O–H groups in total. The molecule has 8 aromatic rings. The summed E-state index contributed by atoms with van der Waals surface area (Å²) in [5.74, 6) is 0. The Morgan fingerprint density at radius 3 is 0.945 bits per heavy atom. The van der Waals surface area contributed by atoms with Crippen LogP contribution in [0.15, 0.2) is 194 Å². The highest BCUT2D eigenvalue weighted by molar-refractivity contribution is 5.87. The van der Waals surface area contributed by atoms with Crippen LogP contribution in [0.25, 0.3) is 33.4 Å². The van der Waals surface area contributed by atoms with Gasteiger partial charge in [0.2, 0.25) is 0 Å². The first kappa shape index (κ1) is 34.1. The number of nitrogens with zero attached hydrogens (tertiary/aromatic N) is 2. The molecule has 0 heterocycles. The lowest BCUT2D eigenvalue weighted by Gasteiger charge is -2.26. The van der Waals surface area contributed by atoms with E-state index in [1.165, 1.54) is 55.6 Å². The van der Waals surface area contributed by atoms with E-state index in [4.69, 9.17) is 0 Å². The molecule has 0 amide bonds. The van der Waals surface area contributed by atoms with E-state index in [2.05, 4.69) is 232 Å². The Bertz CT molecular complexity index is 2400. The molecule has 0 radical (unpaired) electrons. The molecule has 0 spiro atoms. The molecule has 2 nitrogen and oxygen atoms in total. The van der Waals surface area contributed by atoms with Gasteiger partial charge in [-0.3, -0.25) is 0 Å². The highest BCUT2D eigenvalue weighted by Crippen LogP contribution is 2.51. The lowest BCUT2D eigenvalue weighted by Crippen LogP contribution is -2.15. The van der Waals surface area contributed by atoms with Crippen molar-refractivity contribution in [3.8, 4) is 33.4 Å². The van der Waals surface area contributed by atoms with Crippen LogP contribution in [0.2, 0.25) is 0 Å². The quantitative estimate of drug-likeness (QED) is 0.155. The van der Waals surface area contributed by atoms with E-state index in [-0.39, 0.29) is 5.41 Å². The normalized spacial score (nSPS) is 12.5. The zero-order chi connectivity index (χ0) is 37.5. The van der Waals surface area contributed by atoms with Crippen LogP contribution in [0.5, 0.6) is 0 Å². The second kappa shape index (κ2) is 14.0. The Kier molecular flexibility index (Phi) is 8.67. The number of para-hydroxylation sites is 2. The smallest absolute Gasteiger partial charge is 0.0462 e. The maximum absolute atomic E-state index is 2.41. The second-order valence-electron chi connectivity index (χ2n) is 15.3. The summed E-state index contributed by atoms with van der Waals surface area (Å²) in [5, 5.41) is 0. The van der Waals surface area contributed by atoms with Crippen LogP contribution in [0.3, 0.4) is 0 Å². The van der Waals surface area contributed by atoms with Crippen LogP contribution in [-0.2, 0) is 5.41 Å². The highest BCUT2D eigenvalue weighted by Gasteiger charge is 2.36. The Morgan fingerprint density at radius 2 is 0.600 bits per heavy atom. The summed E-state index contributed by atoms with van der Waals surface area (Å²) < 4.78 is 0. The third-order valence-electron chi connectivity index (χ3n) is 11.2. The van der Waals surface area contributed by atoms with Crippen molar-refractivity contribution in [1.29, 1.82) is 0 Å². The standard InChI is InChI=1S/C53H44N2/c1-37-15-25-45(26-16-37)54(43-11-7-5-8-12-43)47-29-19-39(20-30-47)41-23-33-49-50-34-24-42(36-52(50)53(3,4)51(49)35-41)40-21-31-48(32-22-40)55(44-13-9-6-10-14-44)46-27-17-38(2)18-28-46/h5-36H,1-4H3. The molecule has 1 aliphatic rings. The first-order valence-electron chi connectivity index (χ1n) is 19.2. The lowest BCUT2D eigenvalue weighted by atomic mass is 9.81. The fourth-order valence-electron chi connectivity index (χ4n) is 8.14. The second-order valence-corrected chi connectivity index (χ2v) is 15.3. The van der Waals surface area contributed by atoms with Crippen molar-refractivity contribution < 1.29 is 0 Å². The van der Waals surface area contributed by atoms with Crippen LogP contribution in [0.1, 0.15) is 36.1 Å². The number of hydrogen-bond donors (Lipinski definition) is 0. The summed E-state index contributed by atoms with van der Waals surface area (Å²) in [6.45, 7) is 9.01. The fraction of sp³-hybridized carbons (Fsp3) is 0.0943. The molecule has 0 unspecified atom stereocenters. The average Bonchev–Trinajstić information content (AvgIpc) is 3.45. The van der Waals surface area contributed by atoms with Crippen molar-refractivity contribution in [3.63, 3.8) is 0 Å². The Balaban J connectivity index is 1.00. The Labute approximate surface area is 325 Å². The molecule has 0 aromatic heterocycles. The number of aryl methyl sites for hydroxylation is 2. The van der Waals surface area contributed by atoms with Crippen LogP contribution < -0.4 is 9.80 Å². The summed E-state index contributed by atoms with van der Waals surface area (Å²) in [6, 6.07) is 70.8. The van der Waals surface area contributed by atoms with Gasteiger partial charge in [0.1, 0.15) is 0 Å². The van der Waals surface area contributed by atoms with Crippen molar-refractivity contribution in [2.75, 3.05) is 9.80 Å². The van der Waals surface area contributed by atoms with Crippen molar-refractivity contribution >= 4 is 34.1 Å². The SMILES string of the molecule is Cc1ccc(N(c2ccccc2)c2ccc(-c3ccc4c(c3)C(C)(C)c3cc(-c5ccc(N(c6ccccc6)c6ccc(C)cc6)cc5)ccc3-4)cc2)cc1. The number of hydrogen-bond acceptors (Lipinski definition) is 2. The summed E-state index contributed by atoms with van der Waals surface area (Å²) in [5.41, 5.74) is 19.5. The average molecular weight is 709 g/mol. The molecule has 266 valence electrons. The predicted octanol–water partition coefficient (Wildman–Crippen LogP) is 14.9. The van der Waals surface area contributed by atoms with Gasteiger partial charge in [-0.2, -0.15) is 0 Å². The van der Waals surface area contributed by atoms with E-state index >= 15 is 0 Å². The van der Waals surface area contributed by atoms with E-state index < -0.39 is 0 Å². The van der Waals surface area contributed by atoms with E-state index in [1.54, 1.807) is 0 Å². The van der Waals surface area contributed by atoms with Gasteiger partial charge < -0.3 is 9.80 Å². The van der Waals surface area contributed by atoms with Crippen molar-refractivity contribution in [3.05, 3.63) is 216 Å².